The molecule has 0 spiro atoms. The van der Waals surface area contributed by atoms with Gasteiger partial charge in [0.25, 0.3) is 0 Å². The van der Waals surface area contributed by atoms with Crippen molar-refractivity contribution in [3.05, 3.63) is 28.8 Å². The summed E-state index contributed by atoms with van der Waals surface area (Å²) in [6, 6.07) is 4.90. The molecule has 2 N–H and O–H groups in total. The van der Waals surface area contributed by atoms with Crippen LogP contribution in [0.2, 0.25) is 5.02 Å². The number of nitrogens with two attached hydrogens (primary N) is 1. The van der Waals surface area contributed by atoms with Crippen LogP contribution in [0.25, 0.3) is 0 Å². The highest BCUT2D eigenvalue weighted by Crippen LogP contribution is 2.26. The van der Waals surface area contributed by atoms with Crippen LogP contribution >= 0.6 is 11.6 Å². The third-order valence-corrected chi connectivity index (χ3v) is 5.84. The topological polar surface area (TPSA) is 63.4 Å². The van der Waals surface area contributed by atoms with Crippen molar-refractivity contribution in [2.45, 2.75) is 38.6 Å². The van der Waals surface area contributed by atoms with Crippen molar-refractivity contribution < 1.29 is 8.42 Å². The number of nitrogens with zero attached hydrogens (tertiary/aromatic N) is 1. The Labute approximate surface area is 127 Å². The van der Waals surface area contributed by atoms with E-state index in [1.54, 1.807) is 18.2 Å². The molecule has 0 aliphatic carbocycles. The Kier molecular flexibility index (Phi) is 6.45. The fraction of sp³-hybridized carbons (Fsp3) is 0.571. The molecule has 0 aromatic heterocycles. The lowest BCUT2D eigenvalue weighted by atomic mass is 10.1. The summed E-state index contributed by atoms with van der Waals surface area (Å²) in [6.45, 7) is 7.13. The van der Waals surface area contributed by atoms with Gasteiger partial charge in [0.05, 0.1) is 5.02 Å². The third-order valence-electron chi connectivity index (χ3n) is 3.41. The second kappa shape index (κ2) is 7.41. The van der Waals surface area contributed by atoms with Gasteiger partial charge in [-0.15, -0.1) is 0 Å². The van der Waals surface area contributed by atoms with E-state index in [4.69, 9.17) is 17.3 Å². The van der Waals surface area contributed by atoms with E-state index >= 15 is 0 Å². The first-order valence-corrected chi connectivity index (χ1v) is 8.67. The Balaban J connectivity index is 3.19. The van der Waals surface area contributed by atoms with Crippen LogP contribution in [-0.2, 0) is 16.6 Å². The first-order chi connectivity index (χ1) is 9.36. The lowest BCUT2D eigenvalue weighted by Gasteiger charge is -2.24. The molecule has 4 nitrogen and oxygen atoms in total. The number of hydrogen-bond donors (Lipinski definition) is 1. The molecule has 0 bridgehead atoms. The zero-order valence-corrected chi connectivity index (χ0v) is 13.8. The largest absolute Gasteiger partial charge is 0.326 e. The lowest BCUT2D eigenvalue weighted by Crippen LogP contribution is -2.34. The van der Waals surface area contributed by atoms with E-state index in [2.05, 4.69) is 0 Å². The molecule has 0 saturated heterocycles. The molecule has 20 heavy (non-hydrogen) atoms. The van der Waals surface area contributed by atoms with Crippen LogP contribution in [-0.4, -0.2) is 25.8 Å². The average Bonchev–Trinajstić information content (AvgIpc) is 2.44. The minimum absolute atomic E-state index is 0.146. The van der Waals surface area contributed by atoms with Gasteiger partial charge in [-0.3, -0.25) is 0 Å². The van der Waals surface area contributed by atoms with Gasteiger partial charge in [0.15, 0.2) is 0 Å². The lowest BCUT2D eigenvalue weighted by molar-refractivity contribution is 0.361. The molecule has 1 rings (SSSR count). The molecule has 0 aliphatic heterocycles. The summed E-state index contributed by atoms with van der Waals surface area (Å²) in [5, 5.41) is 0.241. The van der Waals surface area contributed by atoms with E-state index < -0.39 is 10.0 Å². The molecule has 114 valence electrons. The van der Waals surface area contributed by atoms with Crippen LogP contribution < -0.4 is 5.73 Å². The summed E-state index contributed by atoms with van der Waals surface area (Å²) < 4.78 is 26.9. The standard InChI is InChI=1S/C14H23ClN2O2S/c1-4-11(3)10-17(5-2)20(18,19)14-8-12(9-16)6-7-13(14)15/h6-8,11H,4-5,9-10,16H2,1-3H3. The Morgan fingerprint density at radius 3 is 2.50 bits per heavy atom. The van der Waals surface area contributed by atoms with E-state index in [0.717, 1.165) is 12.0 Å². The average molecular weight is 319 g/mol. The summed E-state index contributed by atoms with van der Waals surface area (Å²) >= 11 is 6.06. The van der Waals surface area contributed by atoms with E-state index in [0.29, 0.717) is 19.0 Å². The zero-order chi connectivity index (χ0) is 15.3. The van der Waals surface area contributed by atoms with Crippen LogP contribution in [0.4, 0.5) is 0 Å². The predicted molar refractivity (Wildman–Crippen MR) is 83.2 cm³/mol. The number of rotatable bonds is 7. The smallest absolute Gasteiger partial charge is 0.244 e. The molecule has 1 unspecified atom stereocenters. The number of benzene rings is 1. The molecule has 0 radical (unpaired) electrons. The van der Waals surface area contributed by atoms with Crippen molar-refractivity contribution in [2.75, 3.05) is 13.1 Å². The maximum atomic E-state index is 12.7. The maximum absolute atomic E-state index is 12.7. The molecule has 0 aliphatic rings. The van der Waals surface area contributed by atoms with Gasteiger partial charge in [-0.1, -0.05) is 44.9 Å². The molecule has 1 aromatic rings. The van der Waals surface area contributed by atoms with Crippen LogP contribution in [0.3, 0.4) is 0 Å². The highest BCUT2D eigenvalue weighted by atomic mass is 35.5. The van der Waals surface area contributed by atoms with Crippen molar-refractivity contribution in [1.82, 2.24) is 4.31 Å². The fourth-order valence-corrected chi connectivity index (χ4v) is 3.98. The molecule has 1 aromatic carbocycles. The predicted octanol–water partition coefficient (Wildman–Crippen LogP) is 2.86. The number of hydrogen-bond acceptors (Lipinski definition) is 3. The molecule has 0 heterocycles. The van der Waals surface area contributed by atoms with Gasteiger partial charge in [0.1, 0.15) is 4.90 Å². The minimum Gasteiger partial charge on any atom is -0.326 e. The summed E-state index contributed by atoms with van der Waals surface area (Å²) in [7, 11) is -3.57. The molecule has 0 saturated carbocycles. The SMILES string of the molecule is CCC(C)CN(CC)S(=O)(=O)c1cc(CN)ccc1Cl. The first-order valence-electron chi connectivity index (χ1n) is 6.85. The Hall–Kier alpha value is -0.620. The van der Waals surface area contributed by atoms with Crippen molar-refractivity contribution in [1.29, 1.82) is 0 Å². The van der Waals surface area contributed by atoms with E-state index in [9.17, 15) is 8.42 Å². The van der Waals surface area contributed by atoms with Gasteiger partial charge in [0, 0.05) is 19.6 Å². The van der Waals surface area contributed by atoms with Gasteiger partial charge in [-0.2, -0.15) is 4.31 Å². The van der Waals surface area contributed by atoms with Crippen molar-refractivity contribution in [3.8, 4) is 0 Å². The fourth-order valence-electron chi connectivity index (χ4n) is 1.89. The third kappa shape index (κ3) is 3.95. The minimum atomic E-state index is -3.57. The van der Waals surface area contributed by atoms with E-state index in [1.165, 1.54) is 4.31 Å². The summed E-state index contributed by atoms with van der Waals surface area (Å²) in [5.41, 5.74) is 6.33. The van der Waals surface area contributed by atoms with Crippen LogP contribution in [0.1, 0.15) is 32.8 Å². The van der Waals surface area contributed by atoms with Crippen LogP contribution in [0.15, 0.2) is 23.1 Å². The van der Waals surface area contributed by atoms with Gasteiger partial charge in [-0.05, 0) is 23.6 Å². The molecule has 0 amide bonds. The monoisotopic (exact) mass is 318 g/mol. The normalized spacial score (nSPS) is 13.7. The maximum Gasteiger partial charge on any atom is 0.244 e. The van der Waals surface area contributed by atoms with Crippen LogP contribution in [0, 0.1) is 5.92 Å². The van der Waals surface area contributed by atoms with Crippen molar-refractivity contribution >= 4 is 21.6 Å². The quantitative estimate of drug-likeness (QED) is 0.840. The van der Waals surface area contributed by atoms with Crippen LogP contribution in [0.5, 0.6) is 0 Å². The molecule has 6 heteroatoms. The van der Waals surface area contributed by atoms with E-state index in [-0.39, 0.29) is 16.5 Å². The van der Waals surface area contributed by atoms with E-state index in [1.807, 2.05) is 20.8 Å². The Bertz CT molecular complexity index is 546. The number of sulfonamides is 1. The molecular weight excluding hydrogens is 296 g/mol. The summed E-state index contributed by atoms with van der Waals surface area (Å²) in [5.74, 6) is 0.307. The van der Waals surface area contributed by atoms with Crippen molar-refractivity contribution in [2.24, 2.45) is 11.7 Å². The van der Waals surface area contributed by atoms with Gasteiger partial charge >= 0.3 is 0 Å². The highest BCUT2D eigenvalue weighted by molar-refractivity contribution is 7.89. The van der Waals surface area contributed by atoms with Gasteiger partial charge in [0.2, 0.25) is 10.0 Å². The first kappa shape index (κ1) is 17.4. The second-order valence-corrected chi connectivity index (χ2v) is 7.25. The molecule has 1 atom stereocenters. The molecular formula is C14H23ClN2O2S. The van der Waals surface area contributed by atoms with Gasteiger partial charge < -0.3 is 5.73 Å². The Morgan fingerprint density at radius 2 is 2.00 bits per heavy atom. The number of halogens is 1. The van der Waals surface area contributed by atoms with Crippen molar-refractivity contribution in [3.63, 3.8) is 0 Å². The Morgan fingerprint density at radius 1 is 1.35 bits per heavy atom. The second-order valence-electron chi connectivity index (χ2n) is 4.94. The summed E-state index contributed by atoms with van der Waals surface area (Å²) in [6.07, 6.45) is 0.933. The zero-order valence-electron chi connectivity index (χ0n) is 12.3. The van der Waals surface area contributed by atoms with Gasteiger partial charge in [-0.25, -0.2) is 8.42 Å². The summed E-state index contributed by atoms with van der Waals surface area (Å²) in [4.78, 5) is 0.146. The molecule has 0 fully saturated rings. The highest BCUT2D eigenvalue weighted by Gasteiger charge is 2.26.